The van der Waals surface area contributed by atoms with Crippen molar-refractivity contribution in [2.75, 3.05) is 18.6 Å². The van der Waals surface area contributed by atoms with Crippen molar-refractivity contribution in [1.82, 2.24) is 9.55 Å². The van der Waals surface area contributed by atoms with Crippen LogP contribution < -0.4 is 4.90 Å². The predicted octanol–water partition coefficient (Wildman–Crippen LogP) is 3.82. The van der Waals surface area contributed by atoms with E-state index < -0.39 is 0 Å². The highest BCUT2D eigenvalue weighted by Crippen LogP contribution is 2.33. The summed E-state index contributed by atoms with van der Waals surface area (Å²) in [4.78, 5) is 7.15. The molecule has 24 heavy (non-hydrogen) atoms. The minimum Gasteiger partial charge on any atom is -0.364 e. The number of fused-ring (bicyclic) bond motifs is 2. The first-order valence-corrected chi connectivity index (χ1v) is 8.45. The predicted molar refractivity (Wildman–Crippen MR) is 97.4 cm³/mol. The highest BCUT2D eigenvalue weighted by molar-refractivity contribution is 5.93. The minimum atomic E-state index is 0.555. The Labute approximate surface area is 142 Å². The van der Waals surface area contributed by atoms with Crippen LogP contribution in [0.5, 0.6) is 0 Å². The summed E-state index contributed by atoms with van der Waals surface area (Å²) in [6.45, 7) is 6.81. The molecule has 4 nitrogen and oxygen atoms in total. The number of benzene rings is 1. The number of hydrogen-bond acceptors (Lipinski definition) is 3. The Kier molecular flexibility index (Phi) is 3.77. The standard InChI is InChI=1S/C20H23N3O/c1-14-15(2)23(13-24-3)19-18(14)8-10-21-20(19)22-11-9-16-6-4-5-7-17(16)12-22/h4-8,10H,9,11-13H2,1-3H3. The highest BCUT2D eigenvalue weighted by Gasteiger charge is 2.22. The van der Waals surface area contributed by atoms with Gasteiger partial charge in [-0.3, -0.25) is 0 Å². The highest BCUT2D eigenvalue weighted by atomic mass is 16.5. The van der Waals surface area contributed by atoms with Crippen molar-refractivity contribution in [3.05, 3.63) is 58.9 Å². The Bertz CT molecular complexity index is 897. The lowest BCUT2D eigenvalue weighted by Crippen LogP contribution is -2.31. The van der Waals surface area contributed by atoms with Crippen molar-refractivity contribution < 1.29 is 4.74 Å². The van der Waals surface area contributed by atoms with Crippen LogP contribution in [0.4, 0.5) is 5.82 Å². The molecule has 1 aliphatic heterocycles. The van der Waals surface area contributed by atoms with Crippen LogP contribution in [-0.4, -0.2) is 23.2 Å². The Hall–Kier alpha value is -2.33. The quantitative estimate of drug-likeness (QED) is 0.734. The fourth-order valence-corrected chi connectivity index (χ4v) is 3.78. The molecule has 0 bridgehead atoms. The van der Waals surface area contributed by atoms with Gasteiger partial charge in [0.1, 0.15) is 6.73 Å². The van der Waals surface area contributed by atoms with Gasteiger partial charge in [0.05, 0.1) is 5.52 Å². The van der Waals surface area contributed by atoms with Gasteiger partial charge in [-0.15, -0.1) is 0 Å². The van der Waals surface area contributed by atoms with Crippen molar-refractivity contribution in [1.29, 1.82) is 0 Å². The first-order chi connectivity index (χ1) is 11.7. The number of pyridine rings is 1. The van der Waals surface area contributed by atoms with E-state index in [2.05, 4.69) is 53.6 Å². The third-order valence-corrected chi connectivity index (χ3v) is 5.21. The lowest BCUT2D eigenvalue weighted by Gasteiger charge is -2.30. The van der Waals surface area contributed by atoms with Gasteiger partial charge in [-0.2, -0.15) is 0 Å². The molecule has 4 rings (SSSR count). The van der Waals surface area contributed by atoms with Crippen molar-refractivity contribution in [2.24, 2.45) is 0 Å². The van der Waals surface area contributed by atoms with Gasteiger partial charge in [0.25, 0.3) is 0 Å². The Morgan fingerprint density at radius 1 is 1.12 bits per heavy atom. The zero-order chi connectivity index (χ0) is 16.7. The van der Waals surface area contributed by atoms with Gasteiger partial charge < -0.3 is 14.2 Å². The smallest absolute Gasteiger partial charge is 0.153 e. The molecule has 0 amide bonds. The first kappa shape index (κ1) is 15.2. The zero-order valence-electron chi connectivity index (χ0n) is 14.5. The summed E-state index contributed by atoms with van der Waals surface area (Å²) < 4.78 is 7.69. The van der Waals surface area contributed by atoms with Gasteiger partial charge in [0.15, 0.2) is 5.82 Å². The van der Waals surface area contributed by atoms with E-state index in [4.69, 9.17) is 9.72 Å². The van der Waals surface area contributed by atoms with E-state index in [1.54, 1.807) is 7.11 Å². The van der Waals surface area contributed by atoms with Crippen LogP contribution in [0.3, 0.4) is 0 Å². The number of anilines is 1. The van der Waals surface area contributed by atoms with Crippen LogP contribution >= 0.6 is 0 Å². The summed E-state index contributed by atoms with van der Waals surface area (Å²) in [5.74, 6) is 1.07. The molecule has 2 aromatic heterocycles. The maximum absolute atomic E-state index is 5.45. The molecule has 3 aromatic rings. The number of methoxy groups -OCH3 is 1. The fourth-order valence-electron chi connectivity index (χ4n) is 3.78. The lowest BCUT2D eigenvalue weighted by molar-refractivity contribution is 0.133. The Morgan fingerprint density at radius 2 is 1.92 bits per heavy atom. The summed E-state index contributed by atoms with van der Waals surface area (Å²) in [5, 5.41) is 1.27. The zero-order valence-corrected chi connectivity index (χ0v) is 14.5. The van der Waals surface area contributed by atoms with E-state index in [-0.39, 0.29) is 0 Å². The molecule has 0 atom stereocenters. The molecule has 0 fully saturated rings. The van der Waals surface area contributed by atoms with Crippen molar-refractivity contribution in [2.45, 2.75) is 33.5 Å². The monoisotopic (exact) mass is 321 g/mol. The molecule has 4 heteroatoms. The maximum atomic E-state index is 5.45. The lowest BCUT2D eigenvalue weighted by atomic mass is 10.00. The summed E-state index contributed by atoms with van der Waals surface area (Å²) in [6.07, 6.45) is 3.00. The van der Waals surface area contributed by atoms with Crippen LogP contribution in [0.2, 0.25) is 0 Å². The number of hydrogen-bond donors (Lipinski definition) is 0. The molecule has 0 N–H and O–H groups in total. The Morgan fingerprint density at radius 3 is 2.71 bits per heavy atom. The normalized spacial score (nSPS) is 14.2. The topological polar surface area (TPSA) is 30.3 Å². The van der Waals surface area contributed by atoms with Gasteiger partial charge in [-0.1, -0.05) is 24.3 Å². The molecule has 0 unspecified atom stereocenters. The molecule has 1 aliphatic rings. The molecule has 0 aliphatic carbocycles. The molecule has 0 radical (unpaired) electrons. The first-order valence-electron chi connectivity index (χ1n) is 8.45. The average Bonchev–Trinajstić information content (AvgIpc) is 2.87. The molecule has 0 saturated heterocycles. The molecule has 0 saturated carbocycles. The van der Waals surface area contributed by atoms with E-state index in [9.17, 15) is 0 Å². The second-order valence-corrected chi connectivity index (χ2v) is 6.53. The van der Waals surface area contributed by atoms with Crippen LogP contribution in [0, 0.1) is 13.8 Å². The molecule has 0 spiro atoms. The molecular formula is C20H23N3O. The molecule has 3 heterocycles. The third-order valence-electron chi connectivity index (χ3n) is 5.21. The van der Waals surface area contributed by atoms with E-state index in [0.29, 0.717) is 6.73 Å². The number of rotatable bonds is 3. The summed E-state index contributed by atoms with van der Waals surface area (Å²) in [7, 11) is 1.74. The van der Waals surface area contributed by atoms with Gasteiger partial charge in [-0.25, -0.2) is 4.98 Å². The van der Waals surface area contributed by atoms with Gasteiger partial charge in [0.2, 0.25) is 0 Å². The number of aromatic nitrogens is 2. The fraction of sp³-hybridized carbons (Fsp3) is 0.350. The summed E-state index contributed by atoms with van der Waals surface area (Å²) in [5.41, 5.74) is 6.61. The number of aryl methyl sites for hydroxylation is 1. The van der Waals surface area contributed by atoms with Crippen LogP contribution in [0.25, 0.3) is 10.9 Å². The van der Waals surface area contributed by atoms with E-state index >= 15 is 0 Å². The second kappa shape index (κ2) is 5.95. The number of ether oxygens (including phenoxy) is 1. The number of nitrogens with zero attached hydrogens (tertiary/aromatic N) is 3. The SMILES string of the molecule is COCn1c(C)c(C)c2ccnc(N3CCc4ccccc4C3)c21. The summed E-state index contributed by atoms with van der Waals surface area (Å²) in [6, 6.07) is 10.8. The average molecular weight is 321 g/mol. The summed E-state index contributed by atoms with van der Waals surface area (Å²) >= 11 is 0. The molecular weight excluding hydrogens is 298 g/mol. The minimum absolute atomic E-state index is 0.555. The van der Waals surface area contributed by atoms with Crippen molar-refractivity contribution in [3.63, 3.8) is 0 Å². The van der Waals surface area contributed by atoms with Crippen LogP contribution in [0.1, 0.15) is 22.4 Å². The van der Waals surface area contributed by atoms with E-state index in [0.717, 1.165) is 25.3 Å². The largest absolute Gasteiger partial charge is 0.364 e. The second-order valence-electron chi connectivity index (χ2n) is 6.53. The Balaban J connectivity index is 1.84. The van der Waals surface area contributed by atoms with E-state index in [1.807, 2.05) is 6.20 Å². The van der Waals surface area contributed by atoms with E-state index in [1.165, 1.54) is 33.3 Å². The van der Waals surface area contributed by atoms with Gasteiger partial charge in [-0.05, 0) is 43.0 Å². The molecule has 1 aromatic carbocycles. The molecule has 124 valence electrons. The third kappa shape index (κ3) is 2.29. The van der Waals surface area contributed by atoms with Crippen LogP contribution in [-0.2, 0) is 24.4 Å². The van der Waals surface area contributed by atoms with Crippen LogP contribution in [0.15, 0.2) is 36.5 Å². The van der Waals surface area contributed by atoms with Crippen molar-refractivity contribution in [3.8, 4) is 0 Å². The maximum Gasteiger partial charge on any atom is 0.153 e. The van der Waals surface area contributed by atoms with Crippen molar-refractivity contribution >= 4 is 16.7 Å². The van der Waals surface area contributed by atoms with Gasteiger partial charge >= 0.3 is 0 Å². The van der Waals surface area contributed by atoms with Gasteiger partial charge in [0, 0.05) is 37.5 Å².